The van der Waals surface area contributed by atoms with Gasteiger partial charge in [0, 0.05) is 23.6 Å². The second-order valence-electron chi connectivity index (χ2n) is 5.82. The molecule has 0 atom stereocenters. The van der Waals surface area contributed by atoms with Gasteiger partial charge in [-0.3, -0.25) is 4.79 Å². The predicted molar refractivity (Wildman–Crippen MR) is 99.9 cm³/mol. The molecule has 0 fully saturated rings. The highest BCUT2D eigenvalue weighted by Crippen LogP contribution is 2.30. The minimum atomic E-state index is -4.42. The lowest BCUT2D eigenvalue weighted by Crippen LogP contribution is -2.13. The van der Waals surface area contributed by atoms with Gasteiger partial charge in [-0.15, -0.1) is 0 Å². The quantitative estimate of drug-likeness (QED) is 0.639. The van der Waals surface area contributed by atoms with Crippen molar-refractivity contribution in [3.8, 4) is 5.75 Å². The third-order valence-corrected chi connectivity index (χ3v) is 3.84. The van der Waals surface area contributed by atoms with Gasteiger partial charge in [-0.1, -0.05) is 6.07 Å². The van der Waals surface area contributed by atoms with E-state index in [9.17, 15) is 18.0 Å². The summed E-state index contributed by atoms with van der Waals surface area (Å²) in [5.41, 5.74) is 0.529. The summed E-state index contributed by atoms with van der Waals surface area (Å²) in [4.78, 5) is 16.4. The van der Waals surface area contributed by atoms with Crippen LogP contribution in [0.5, 0.6) is 5.75 Å². The van der Waals surface area contributed by atoms with Gasteiger partial charge in [0.15, 0.2) is 0 Å². The molecule has 2 aromatic carbocycles. The van der Waals surface area contributed by atoms with Gasteiger partial charge in [-0.05, 0) is 48.5 Å². The zero-order valence-corrected chi connectivity index (χ0v) is 14.7. The van der Waals surface area contributed by atoms with Crippen LogP contribution in [0.15, 0.2) is 66.9 Å². The molecule has 1 amide bonds. The minimum absolute atomic E-state index is 0.261. The third-order valence-electron chi connectivity index (χ3n) is 3.84. The van der Waals surface area contributed by atoms with Crippen molar-refractivity contribution in [3.63, 3.8) is 0 Å². The molecule has 144 valence electrons. The molecule has 0 unspecified atom stereocenters. The number of methoxy groups -OCH3 is 1. The van der Waals surface area contributed by atoms with Crippen LogP contribution in [-0.2, 0) is 6.18 Å². The highest BCUT2D eigenvalue weighted by atomic mass is 19.4. The molecule has 0 saturated carbocycles. The van der Waals surface area contributed by atoms with Crippen LogP contribution in [0.4, 0.5) is 30.4 Å². The van der Waals surface area contributed by atoms with Crippen molar-refractivity contribution in [1.29, 1.82) is 0 Å². The Morgan fingerprint density at radius 2 is 1.75 bits per heavy atom. The number of carbonyl (C=O) groups is 1. The van der Waals surface area contributed by atoms with Gasteiger partial charge in [0.25, 0.3) is 5.91 Å². The van der Waals surface area contributed by atoms with Gasteiger partial charge >= 0.3 is 6.18 Å². The van der Waals surface area contributed by atoms with Crippen LogP contribution >= 0.6 is 0 Å². The Balaban J connectivity index is 1.65. The zero-order valence-electron chi connectivity index (χ0n) is 14.7. The predicted octanol–water partition coefficient (Wildman–Crippen LogP) is 5.10. The van der Waals surface area contributed by atoms with E-state index in [-0.39, 0.29) is 11.3 Å². The van der Waals surface area contributed by atoms with Crippen LogP contribution in [0.1, 0.15) is 15.9 Å². The van der Waals surface area contributed by atoms with E-state index in [0.29, 0.717) is 11.6 Å². The largest absolute Gasteiger partial charge is 0.497 e. The molecular formula is C20H16F3N3O2. The van der Waals surface area contributed by atoms with E-state index >= 15 is 0 Å². The van der Waals surface area contributed by atoms with Crippen molar-refractivity contribution >= 4 is 23.1 Å². The molecule has 0 radical (unpaired) electrons. The van der Waals surface area contributed by atoms with Gasteiger partial charge in [0.05, 0.1) is 18.2 Å². The molecule has 0 spiro atoms. The Bertz CT molecular complexity index is 956. The van der Waals surface area contributed by atoms with E-state index in [1.807, 2.05) is 18.2 Å². The lowest BCUT2D eigenvalue weighted by atomic mass is 10.2. The Morgan fingerprint density at radius 1 is 1.00 bits per heavy atom. The molecule has 5 nitrogen and oxygen atoms in total. The van der Waals surface area contributed by atoms with Crippen LogP contribution < -0.4 is 15.4 Å². The number of ether oxygens (including phenoxy) is 1. The second-order valence-corrected chi connectivity index (χ2v) is 5.82. The number of nitrogens with one attached hydrogen (secondary N) is 2. The molecule has 2 N–H and O–H groups in total. The number of hydrogen-bond acceptors (Lipinski definition) is 4. The summed E-state index contributed by atoms with van der Waals surface area (Å²) < 4.78 is 42.9. The first-order chi connectivity index (χ1) is 13.3. The number of aromatic nitrogens is 1. The van der Waals surface area contributed by atoms with E-state index in [1.54, 1.807) is 25.3 Å². The number of nitrogens with zero attached hydrogens (tertiary/aromatic N) is 1. The molecule has 0 aliphatic carbocycles. The summed E-state index contributed by atoms with van der Waals surface area (Å²) in [6.45, 7) is 0. The van der Waals surface area contributed by atoms with Crippen molar-refractivity contribution in [2.24, 2.45) is 0 Å². The fourth-order valence-electron chi connectivity index (χ4n) is 2.40. The van der Waals surface area contributed by atoms with E-state index in [0.717, 1.165) is 17.8 Å². The monoisotopic (exact) mass is 387 g/mol. The maximum atomic E-state index is 12.6. The number of pyridine rings is 1. The highest BCUT2D eigenvalue weighted by molar-refractivity contribution is 6.04. The van der Waals surface area contributed by atoms with E-state index < -0.39 is 17.6 Å². The van der Waals surface area contributed by atoms with E-state index in [2.05, 4.69) is 15.6 Å². The summed E-state index contributed by atoms with van der Waals surface area (Å²) in [5, 5.41) is 5.62. The molecule has 3 rings (SSSR count). The molecule has 0 bridgehead atoms. The van der Waals surface area contributed by atoms with Crippen LogP contribution in [0.2, 0.25) is 0 Å². The topological polar surface area (TPSA) is 63.2 Å². The van der Waals surface area contributed by atoms with Crippen LogP contribution in [0, 0.1) is 0 Å². The molecule has 1 aromatic heterocycles. The molecule has 8 heteroatoms. The summed E-state index contributed by atoms with van der Waals surface area (Å²) in [6, 6.07) is 14.7. The maximum absolute atomic E-state index is 12.6. The number of hydrogen-bond donors (Lipinski definition) is 2. The standard InChI is InChI=1S/C20H16F3N3O2/c1-28-17-4-2-3-16(11-17)25-18-10-5-13(12-24-18)19(27)26-15-8-6-14(7-9-15)20(21,22)23/h2-12H,1H3,(H,24,25)(H,26,27). The minimum Gasteiger partial charge on any atom is -0.497 e. The molecule has 1 heterocycles. The Morgan fingerprint density at radius 3 is 2.36 bits per heavy atom. The van der Waals surface area contributed by atoms with Crippen molar-refractivity contribution in [2.45, 2.75) is 6.18 Å². The van der Waals surface area contributed by atoms with Gasteiger partial charge in [-0.2, -0.15) is 13.2 Å². The van der Waals surface area contributed by atoms with Crippen molar-refractivity contribution < 1.29 is 22.7 Å². The maximum Gasteiger partial charge on any atom is 0.416 e. The number of alkyl halides is 3. The first-order valence-electron chi connectivity index (χ1n) is 8.21. The SMILES string of the molecule is COc1cccc(Nc2ccc(C(=O)Nc3ccc(C(F)(F)F)cc3)cn2)c1. The third kappa shape index (κ3) is 4.79. The normalized spacial score (nSPS) is 11.0. The van der Waals surface area contributed by atoms with Crippen LogP contribution in [0.25, 0.3) is 0 Å². The average Bonchev–Trinajstić information content (AvgIpc) is 2.68. The average molecular weight is 387 g/mol. The van der Waals surface area contributed by atoms with Crippen molar-refractivity contribution in [2.75, 3.05) is 17.7 Å². The smallest absolute Gasteiger partial charge is 0.416 e. The fraction of sp³-hybridized carbons (Fsp3) is 0.100. The number of rotatable bonds is 5. The van der Waals surface area contributed by atoms with Gasteiger partial charge < -0.3 is 15.4 Å². The van der Waals surface area contributed by atoms with Crippen molar-refractivity contribution in [3.05, 3.63) is 78.0 Å². The zero-order chi connectivity index (χ0) is 20.1. The van der Waals surface area contributed by atoms with Crippen LogP contribution in [0.3, 0.4) is 0 Å². The molecule has 0 aliphatic heterocycles. The van der Waals surface area contributed by atoms with E-state index in [1.165, 1.54) is 18.3 Å². The first-order valence-corrected chi connectivity index (χ1v) is 8.21. The lowest BCUT2D eigenvalue weighted by molar-refractivity contribution is -0.137. The number of carbonyl (C=O) groups excluding carboxylic acids is 1. The number of anilines is 3. The molecule has 3 aromatic rings. The number of halogens is 3. The molecule has 28 heavy (non-hydrogen) atoms. The fourth-order valence-corrected chi connectivity index (χ4v) is 2.40. The number of benzene rings is 2. The number of amides is 1. The first kappa shape index (κ1) is 19.2. The molecule has 0 aliphatic rings. The Labute approximate surface area is 159 Å². The molecule has 0 saturated heterocycles. The van der Waals surface area contributed by atoms with Gasteiger partial charge in [0.2, 0.25) is 0 Å². The summed E-state index contributed by atoms with van der Waals surface area (Å²) in [6.07, 6.45) is -3.04. The van der Waals surface area contributed by atoms with Gasteiger partial charge in [0.1, 0.15) is 11.6 Å². The van der Waals surface area contributed by atoms with Crippen LogP contribution in [-0.4, -0.2) is 18.0 Å². The lowest BCUT2D eigenvalue weighted by Gasteiger charge is -2.10. The Kier molecular flexibility index (Phi) is 5.49. The van der Waals surface area contributed by atoms with Gasteiger partial charge in [-0.25, -0.2) is 4.98 Å². The molecular weight excluding hydrogens is 371 g/mol. The summed E-state index contributed by atoms with van der Waals surface area (Å²) in [7, 11) is 1.57. The second kappa shape index (κ2) is 7.99. The van der Waals surface area contributed by atoms with Crippen molar-refractivity contribution in [1.82, 2.24) is 4.98 Å². The Hall–Kier alpha value is -3.55. The summed E-state index contributed by atoms with van der Waals surface area (Å²) >= 11 is 0. The van der Waals surface area contributed by atoms with E-state index in [4.69, 9.17) is 4.74 Å². The highest BCUT2D eigenvalue weighted by Gasteiger charge is 2.30. The summed E-state index contributed by atoms with van der Waals surface area (Å²) in [5.74, 6) is 0.747.